The quantitative estimate of drug-likeness (QED) is 0.769. The van der Waals surface area contributed by atoms with Crippen LogP contribution in [0.15, 0.2) is 48.5 Å². The van der Waals surface area contributed by atoms with Crippen molar-refractivity contribution in [1.29, 1.82) is 0 Å². The summed E-state index contributed by atoms with van der Waals surface area (Å²) in [7, 11) is 0. The molecule has 1 amide bonds. The molecular weight excluding hydrogens is 291 g/mol. The Morgan fingerprint density at radius 2 is 1.82 bits per heavy atom. The van der Waals surface area contributed by atoms with Crippen LogP contribution in [0.2, 0.25) is 0 Å². The van der Waals surface area contributed by atoms with Gasteiger partial charge >= 0.3 is 6.18 Å². The van der Waals surface area contributed by atoms with Crippen LogP contribution in [-0.2, 0) is 12.6 Å². The van der Waals surface area contributed by atoms with Gasteiger partial charge in [-0.15, -0.1) is 0 Å². The van der Waals surface area contributed by atoms with Crippen LogP contribution in [0.1, 0.15) is 27.9 Å². The molecule has 2 aromatic carbocycles. The number of hydrogen-bond donors (Lipinski definition) is 0. The maximum atomic E-state index is 12.8. The molecule has 114 valence electrons. The summed E-state index contributed by atoms with van der Waals surface area (Å²) in [5.41, 5.74) is 1.10. The highest BCUT2D eigenvalue weighted by Gasteiger charge is 2.32. The van der Waals surface area contributed by atoms with Crippen LogP contribution in [-0.4, -0.2) is 12.5 Å². The van der Waals surface area contributed by atoms with E-state index in [4.69, 9.17) is 0 Å². The van der Waals surface area contributed by atoms with Crippen LogP contribution in [0.5, 0.6) is 0 Å². The van der Waals surface area contributed by atoms with Gasteiger partial charge in [0.05, 0.1) is 5.56 Å². The Hall–Kier alpha value is -2.30. The molecule has 0 unspecified atom stereocenters. The molecule has 0 atom stereocenters. The van der Waals surface area contributed by atoms with Crippen LogP contribution < -0.4 is 4.90 Å². The lowest BCUT2D eigenvalue weighted by molar-refractivity contribution is -0.137. The Balaban J connectivity index is 1.96. The van der Waals surface area contributed by atoms with Gasteiger partial charge in [0, 0.05) is 17.8 Å². The van der Waals surface area contributed by atoms with E-state index in [-0.39, 0.29) is 5.56 Å². The standard InChI is InChI=1S/C17H14F3NO/c18-17(19,20)14-8-3-6-13(11-14)16(22)21-10-4-7-12-5-1-2-9-15(12)21/h1-3,5-6,8-9,11H,4,7,10H2. The summed E-state index contributed by atoms with van der Waals surface area (Å²) in [6.45, 7) is 0.520. The molecule has 0 fully saturated rings. The number of nitrogens with zero attached hydrogens (tertiary/aromatic N) is 1. The van der Waals surface area contributed by atoms with Crippen molar-refractivity contribution < 1.29 is 18.0 Å². The molecule has 3 rings (SSSR count). The minimum Gasteiger partial charge on any atom is -0.308 e. The van der Waals surface area contributed by atoms with Crippen molar-refractivity contribution in [2.45, 2.75) is 19.0 Å². The normalized spacial score (nSPS) is 14.6. The van der Waals surface area contributed by atoms with Gasteiger partial charge in [0.1, 0.15) is 0 Å². The van der Waals surface area contributed by atoms with E-state index in [0.29, 0.717) is 6.54 Å². The van der Waals surface area contributed by atoms with Crippen LogP contribution in [0, 0.1) is 0 Å². The maximum absolute atomic E-state index is 12.8. The van der Waals surface area contributed by atoms with E-state index in [1.54, 1.807) is 4.90 Å². The van der Waals surface area contributed by atoms with Gasteiger partial charge in [-0.2, -0.15) is 13.2 Å². The number of alkyl halides is 3. The predicted molar refractivity (Wildman–Crippen MR) is 77.9 cm³/mol. The molecule has 1 heterocycles. The van der Waals surface area contributed by atoms with Gasteiger partial charge in [-0.1, -0.05) is 24.3 Å². The highest BCUT2D eigenvalue weighted by Crippen LogP contribution is 2.31. The second kappa shape index (κ2) is 5.48. The van der Waals surface area contributed by atoms with Gasteiger partial charge in [-0.05, 0) is 42.7 Å². The van der Waals surface area contributed by atoms with Crippen LogP contribution >= 0.6 is 0 Å². The van der Waals surface area contributed by atoms with E-state index in [0.717, 1.165) is 36.2 Å². The molecule has 1 aliphatic heterocycles. The van der Waals surface area contributed by atoms with Crippen molar-refractivity contribution in [3.63, 3.8) is 0 Å². The summed E-state index contributed by atoms with van der Waals surface area (Å²) < 4.78 is 38.4. The van der Waals surface area contributed by atoms with Gasteiger partial charge in [0.25, 0.3) is 5.91 Å². The highest BCUT2D eigenvalue weighted by atomic mass is 19.4. The van der Waals surface area contributed by atoms with E-state index in [1.165, 1.54) is 12.1 Å². The van der Waals surface area contributed by atoms with Crippen molar-refractivity contribution in [3.8, 4) is 0 Å². The van der Waals surface area contributed by atoms with Crippen LogP contribution in [0.4, 0.5) is 18.9 Å². The fourth-order valence-corrected chi connectivity index (χ4v) is 2.73. The van der Waals surface area contributed by atoms with Gasteiger partial charge < -0.3 is 4.90 Å². The van der Waals surface area contributed by atoms with Crippen LogP contribution in [0.3, 0.4) is 0 Å². The third-order valence-electron chi connectivity index (χ3n) is 3.79. The SMILES string of the molecule is O=C(c1cccc(C(F)(F)F)c1)N1CCCc2ccccc21. The highest BCUT2D eigenvalue weighted by molar-refractivity contribution is 6.06. The zero-order chi connectivity index (χ0) is 15.7. The number of para-hydroxylation sites is 1. The van der Waals surface area contributed by atoms with E-state index in [9.17, 15) is 18.0 Å². The minimum atomic E-state index is -4.45. The first kappa shape index (κ1) is 14.6. The topological polar surface area (TPSA) is 20.3 Å². The zero-order valence-electron chi connectivity index (χ0n) is 11.7. The lowest BCUT2D eigenvalue weighted by Crippen LogP contribution is -2.35. The van der Waals surface area contributed by atoms with Gasteiger partial charge in [0.2, 0.25) is 0 Å². The van der Waals surface area contributed by atoms with Crippen molar-refractivity contribution >= 4 is 11.6 Å². The third-order valence-corrected chi connectivity index (χ3v) is 3.79. The molecule has 0 aliphatic carbocycles. The number of amides is 1. The molecule has 5 heteroatoms. The first-order valence-corrected chi connectivity index (χ1v) is 7.04. The van der Waals surface area contributed by atoms with E-state index in [2.05, 4.69) is 0 Å². The second-order valence-corrected chi connectivity index (χ2v) is 5.27. The Labute approximate surface area is 126 Å². The maximum Gasteiger partial charge on any atom is 0.416 e. The zero-order valence-corrected chi connectivity index (χ0v) is 11.7. The number of rotatable bonds is 1. The van der Waals surface area contributed by atoms with E-state index >= 15 is 0 Å². The first-order chi connectivity index (χ1) is 10.5. The molecule has 0 saturated carbocycles. The monoisotopic (exact) mass is 305 g/mol. The summed E-state index contributed by atoms with van der Waals surface area (Å²) in [6.07, 6.45) is -2.76. The second-order valence-electron chi connectivity index (χ2n) is 5.27. The molecule has 2 nitrogen and oxygen atoms in total. The number of hydrogen-bond acceptors (Lipinski definition) is 1. The molecule has 0 spiro atoms. The molecule has 0 radical (unpaired) electrons. The van der Waals surface area contributed by atoms with Crippen molar-refractivity contribution in [3.05, 3.63) is 65.2 Å². The molecule has 0 N–H and O–H groups in total. The average molecular weight is 305 g/mol. The third kappa shape index (κ3) is 2.71. The van der Waals surface area contributed by atoms with Gasteiger partial charge in [-0.25, -0.2) is 0 Å². The number of anilines is 1. The van der Waals surface area contributed by atoms with Crippen LogP contribution in [0.25, 0.3) is 0 Å². The Kier molecular flexibility index (Phi) is 3.64. The molecule has 0 bridgehead atoms. The molecule has 1 aliphatic rings. The lowest BCUT2D eigenvalue weighted by Gasteiger charge is -2.29. The number of carbonyl (C=O) groups is 1. The molecule has 2 aromatic rings. The summed E-state index contributed by atoms with van der Waals surface area (Å²) in [6, 6.07) is 12.1. The number of aryl methyl sites for hydroxylation is 1. The Morgan fingerprint density at radius 3 is 2.59 bits per heavy atom. The average Bonchev–Trinajstić information content (AvgIpc) is 2.53. The summed E-state index contributed by atoms with van der Waals surface area (Å²) in [5.74, 6) is -0.391. The van der Waals surface area contributed by atoms with Gasteiger partial charge in [-0.3, -0.25) is 4.79 Å². The summed E-state index contributed by atoms with van der Waals surface area (Å²) >= 11 is 0. The molecule has 0 aromatic heterocycles. The number of fused-ring (bicyclic) bond motifs is 1. The van der Waals surface area contributed by atoms with Crippen molar-refractivity contribution in [2.24, 2.45) is 0 Å². The molecule has 0 saturated heterocycles. The van der Waals surface area contributed by atoms with Gasteiger partial charge in [0.15, 0.2) is 0 Å². The van der Waals surface area contributed by atoms with E-state index < -0.39 is 17.6 Å². The number of carbonyl (C=O) groups excluding carboxylic acids is 1. The van der Waals surface area contributed by atoms with E-state index in [1.807, 2.05) is 24.3 Å². The largest absolute Gasteiger partial charge is 0.416 e. The Bertz CT molecular complexity index is 709. The Morgan fingerprint density at radius 1 is 1.05 bits per heavy atom. The summed E-state index contributed by atoms with van der Waals surface area (Å²) in [5, 5.41) is 0. The van der Waals surface area contributed by atoms with Crippen molar-refractivity contribution in [1.82, 2.24) is 0 Å². The smallest absolute Gasteiger partial charge is 0.308 e. The first-order valence-electron chi connectivity index (χ1n) is 7.04. The minimum absolute atomic E-state index is 0.0616. The fourth-order valence-electron chi connectivity index (χ4n) is 2.73. The molecular formula is C17H14F3NO. The van der Waals surface area contributed by atoms with Crippen molar-refractivity contribution in [2.75, 3.05) is 11.4 Å². The predicted octanol–water partition coefficient (Wildman–Crippen LogP) is 4.30. The lowest BCUT2D eigenvalue weighted by atomic mass is 10.0. The molecule has 22 heavy (non-hydrogen) atoms. The summed E-state index contributed by atoms with van der Waals surface area (Å²) in [4.78, 5) is 14.2. The number of halogens is 3. The number of benzene rings is 2. The fraction of sp³-hybridized carbons (Fsp3) is 0.235.